The van der Waals surface area contributed by atoms with E-state index in [1.165, 1.54) is 18.4 Å². The van der Waals surface area contributed by atoms with Crippen LogP contribution in [-0.4, -0.2) is 32.0 Å². The summed E-state index contributed by atoms with van der Waals surface area (Å²) in [5.74, 6) is -4.43. The standard InChI is InChI=1S/C11H13F4NO2S/c1-18-9(17)4-7-2-3-8(19-7)5-16-6-11(14,15)10(12)13/h2-3,10,16H,4-6H2,1H3. The zero-order valence-electron chi connectivity index (χ0n) is 10.1. The van der Waals surface area contributed by atoms with Crippen LogP contribution in [-0.2, 0) is 22.5 Å². The van der Waals surface area contributed by atoms with E-state index in [2.05, 4.69) is 10.1 Å². The molecule has 0 radical (unpaired) electrons. The van der Waals surface area contributed by atoms with Crippen LogP contribution in [0.2, 0.25) is 0 Å². The van der Waals surface area contributed by atoms with Gasteiger partial charge in [-0.1, -0.05) is 0 Å². The van der Waals surface area contributed by atoms with Crippen molar-refractivity contribution in [2.24, 2.45) is 0 Å². The molecule has 0 unspecified atom stereocenters. The van der Waals surface area contributed by atoms with Gasteiger partial charge in [0.15, 0.2) is 0 Å². The van der Waals surface area contributed by atoms with E-state index in [4.69, 9.17) is 0 Å². The maximum absolute atomic E-state index is 12.6. The number of esters is 1. The van der Waals surface area contributed by atoms with Crippen LogP contribution >= 0.6 is 11.3 Å². The lowest BCUT2D eigenvalue weighted by atomic mass is 10.3. The fraction of sp³-hybridized carbons (Fsp3) is 0.545. The summed E-state index contributed by atoms with van der Waals surface area (Å²) in [4.78, 5) is 12.4. The van der Waals surface area contributed by atoms with Crippen molar-refractivity contribution in [1.29, 1.82) is 0 Å². The molecule has 8 heteroatoms. The number of carbonyl (C=O) groups excluding carboxylic acids is 1. The van der Waals surface area contributed by atoms with E-state index in [1.807, 2.05) is 0 Å². The van der Waals surface area contributed by atoms with Gasteiger partial charge in [0, 0.05) is 16.3 Å². The summed E-state index contributed by atoms with van der Waals surface area (Å²) in [6.45, 7) is -1.04. The third-order valence-corrected chi connectivity index (χ3v) is 3.33. The van der Waals surface area contributed by atoms with Crippen molar-refractivity contribution in [2.45, 2.75) is 25.3 Å². The van der Waals surface area contributed by atoms with Gasteiger partial charge in [0.2, 0.25) is 0 Å². The molecule has 1 aromatic rings. The van der Waals surface area contributed by atoms with Crippen LogP contribution in [0.25, 0.3) is 0 Å². The zero-order valence-corrected chi connectivity index (χ0v) is 10.9. The number of methoxy groups -OCH3 is 1. The van der Waals surface area contributed by atoms with Crippen molar-refractivity contribution in [2.75, 3.05) is 13.7 Å². The van der Waals surface area contributed by atoms with Crippen LogP contribution in [0.5, 0.6) is 0 Å². The minimum Gasteiger partial charge on any atom is -0.469 e. The van der Waals surface area contributed by atoms with Gasteiger partial charge in [0.1, 0.15) is 0 Å². The second-order valence-electron chi connectivity index (χ2n) is 3.79. The molecule has 0 atom stereocenters. The summed E-state index contributed by atoms with van der Waals surface area (Å²) in [7, 11) is 1.27. The number of rotatable bonds is 7. The maximum atomic E-state index is 12.6. The average Bonchev–Trinajstić information content (AvgIpc) is 2.76. The Kier molecular flexibility index (Phi) is 5.74. The zero-order chi connectivity index (χ0) is 14.5. The number of ether oxygens (including phenoxy) is 1. The normalized spacial score (nSPS) is 11.9. The first-order valence-electron chi connectivity index (χ1n) is 5.36. The summed E-state index contributed by atoms with van der Waals surface area (Å²) in [6.07, 6.45) is -3.58. The lowest BCUT2D eigenvalue weighted by Crippen LogP contribution is -2.38. The van der Waals surface area contributed by atoms with Crippen LogP contribution in [0.1, 0.15) is 9.75 Å². The van der Waals surface area contributed by atoms with E-state index in [9.17, 15) is 22.4 Å². The third-order valence-electron chi connectivity index (χ3n) is 2.24. The van der Waals surface area contributed by atoms with Gasteiger partial charge in [-0.3, -0.25) is 4.79 Å². The topological polar surface area (TPSA) is 38.3 Å². The number of thiophene rings is 1. The largest absolute Gasteiger partial charge is 0.469 e. The molecule has 1 heterocycles. The molecule has 1 N–H and O–H groups in total. The van der Waals surface area contributed by atoms with Crippen LogP contribution in [0, 0.1) is 0 Å². The summed E-state index contributed by atoms with van der Waals surface area (Å²) >= 11 is 1.24. The van der Waals surface area contributed by atoms with E-state index in [0.29, 0.717) is 4.88 Å². The van der Waals surface area contributed by atoms with Crippen molar-refractivity contribution in [1.82, 2.24) is 5.32 Å². The highest BCUT2D eigenvalue weighted by atomic mass is 32.1. The Bertz CT molecular complexity index is 423. The molecule has 1 aromatic heterocycles. The van der Waals surface area contributed by atoms with Gasteiger partial charge in [-0.05, 0) is 12.1 Å². The van der Waals surface area contributed by atoms with Gasteiger partial charge in [-0.25, -0.2) is 8.78 Å². The third kappa shape index (κ3) is 5.15. The van der Waals surface area contributed by atoms with Crippen molar-refractivity contribution in [3.8, 4) is 0 Å². The first-order chi connectivity index (χ1) is 8.85. The van der Waals surface area contributed by atoms with Crippen LogP contribution in [0.3, 0.4) is 0 Å². The van der Waals surface area contributed by atoms with Crippen molar-refractivity contribution < 1.29 is 27.1 Å². The second-order valence-corrected chi connectivity index (χ2v) is 5.04. The highest BCUT2D eigenvalue weighted by Gasteiger charge is 2.39. The number of halogens is 4. The Labute approximate surface area is 111 Å². The van der Waals surface area contributed by atoms with Crippen LogP contribution in [0.4, 0.5) is 17.6 Å². The summed E-state index contributed by atoms with van der Waals surface area (Å²) in [5, 5.41) is 2.27. The monoisotopic (exact) mass is 299 g/mol. The van der Waals surface area contributed by atoms with Gasteiger partial charge in [-0.15, -0.1) is 11.3 Å². The first-order valence-corrected chi connectivity index (χ1v) is 6.18. The highest BCUT2D eigenvalue weighted by molar-refractivity contribution is 7.12. The second kappa shape index (κ2) is 6.85. The van der Waals surface area contributed by atoms with Crippen molar-refractivity contribution >= 4 is 17.3 Å². The molecular weight excluding hydrogens is 286 g/mol. The van der Waals surface area contributed by atoms with Crippen LogP contribution < -0.4 is 5.32 Å². The Morgan fingerprint density at radius 2 is 2.05 bits per heavy atom. The van der Waals surface area contributed by atoms with E-state index < -0.39 is 24.9 Å². The fourth-order valence-electron chi connectivity index (χ4n) is 1.26. The number of nitrogens with one attached hydrogen (secondary N) is 1. The van der Waals surface area contributed by atoms with Crippen molar-refractivity contribution in [3.05, 3.63) is 21.9 Å². The molecular formula is C11H13F4NO2S. The lowest BCUT2D eigenvalue weighted by Gasteiger charge is -2.15. The first kappa shape index (κ1) is 15.9. The Morgan fingerprint density at radius 3 is 2.63 bits per heavy atom. The minimum absolute atomic E-state index is 0.0498. The predicted molar refractivity (Wildman–Crippen MR) is 62.7 cm³/mol. The number of hydrogen-bond donors (Lipinski definition) is 1. The molecule has 0 aromatic carbocycles. The SMILES string of the molecule is COC(=O)Cc1ccc(CNCC(F)(F)C(F)F)s1. The number of hydrogen-bond acceptors (Lipinski definition) is 4. The quantitative estimate of drug-likeness (QED) is 0.621. The van der Waals surface area contributed by atoms with Gasteiger partial charge in [0.25, 0.3) is 0 Å². The molecule has 19 heavy (non-hydrogen) atoms. The van der Waals surface area contributed by atoms with Crippen molar-refractivity contribution in [3.63, 3.8) is 0 Å². The molecule has 0 saturated carbocycles. The molecule has 0 aliphatic carbocycles. The molecule has 0 bridgehead atoms. The Morgan fingerprint density at radius 1 is 1.42 bits per heavy atom. The van der Waals surface area contributed by atoms with Gasteiger partial charge >= 0.3 is 18.3 Å². The van der Waals surface area contributed by atoms with E-state index in [1.54, 1.807) is 12.1 Å². The smallest absolute Gasteiger partial charge is 0.319 e. The summed E-state index contributed by atoms with van der Waals surface area (Å²) < 4.78 is 53.5. The lowest BCUT2D eigenvalue weighted by molar-refractivity contribution is -0.139. The summed E-state index contributed by atoms with van der Waals surface area (Å²) in [6, 6.07) is 3.32. The molecule has 108 valence electrons. The molecule has 3 nitrogen and oxygen atoms in total. The van der Waals surface area contributed by atoms with Crippen LogP contribution in [0.15, 0.2) is 12.1 Å². The number of carbonyl (C=O) groups is 1. The molecule has 0 fully saturated rings. The number of alkyl halides is 4. The molecule has 0 saturated heterocycles. The van der Waals surface area contributed by atoms with Gasteiger partial charge in [0.05, 0.1) is 20.1 Å². The Balaban J connectivity index is 2.40. The van der Waals surface area contributed by atoms with E-state index >= 15 is 0 Å². The van der Waals surface area contributed by atoms with Gasteiger partial charge < -0.3 is 10.1 Å². The minimum atomic E-state index is -4.04. The molecule has 1 rings (SSSR count). The fourth-order valence-corrected chi connectivity index (χ4v) is 2.23. The molecule has 0 spiro atoms. The maximum Gasteiger partial charge on any atom is 0.319 e. The molecule has 0 aliphatic rings. The summed E-state index contributed by atoms with van der Waals surface area (Å²) in [5.41, 5.74) is 0. The predicted octanol–water partition coefficient (Wildman–Crippen LogP) is 2.45. The Hall–Kier alpha value is -1.15. The van der Waals surface area contributed by atoms with E-state index in [0.717, 1.165) is 4.88 Å². The average molecular weight is 299 g/mol. The highest BCUT2D eigenvalue weighted by Crippen LogP contribution is 2.22. The van der Waals surface area contributed by atoms with Gasteiger partial charge in [-0.2, -0.15) is 8.78 Å². The van der Waals surface area contributed by atoms with E-state index in [-0.39, 0.29) is 13.0 Å². The molecule has 0 amide bonds. The molecule has 0 aliphatic heterocycles.